The van der Waals surface area contributed by atoms with Gasteiger partial charge in [-0.05, 0) is 11.5 Å². The standard InChI is InChI=1S/C23H33N5O8/c1-3-12(2)19(23(35)36)28-22(34)16(11-18(30)31)27-21(33)15(9-13-7-5-4-6-8-13)26-20(32)14(24)10-17(25)29/h4-8,12,14-16,19H,3,9-11,24H2,1-2H3,(H2,25,29)(H,26,32)(H,27,33)(H,28,34)(H,30,31)(H,35,36). The third-order valence-corrected chi connectivity index (χ3v) is 5.46. The number of aliphatic carboxylic acids is 2. The third kappa shape index (κ3) is 10.1. The molecule has 0 fully saturated rings. The van der Waals surface area contributed by atoms with Crippen molar-refractivity contribution in [3.63, 3.8) is 0 Å². The Bertz CT molecular complexity index is 955. The molecule has 0 aliphatic carbocycles. The molecule has 0 aromatic heterocycles. The van der Waals surface area contributed by atoms with Crippen LogP contribution in [0.4, 0.5) is 0 Å². The topological polar surface area (TPSA) is 231 Å². The van der Waals surface area contributed by atoms with E-state index in [1.807, 2.05) is 0 Å². The lowest BCUT2D eigenvalue weighted by Gasteiger charge is -2.26. The van der Waals surface area contributed by atoms with Crippen LogP contribution in [0, 0.1) is 5.92 Å². The van der Waals surface area contributed by atoms with Crippen LogP contribution in [0.3, 0.4) is 0 Å². The second kappa shape index (κ2) is 14.4. The maximum atomic E-state index is 13.1. The van der Waals surface area contributed by atoms with Crippen LogP contribution in [0.25, 0.3) is 0 Å². The average molecular weight is 508 g/mol. The van der Waals surface area contributed by atoms with Crippen LogP contribution < -0.4 is 27.4 Å². The summed E-state index contributed by atoms with van der Waals surface area (Å²) in [7, 11) is 0. The molecule has 13 nitrogen and oxygen atoms in total. The SMILES string of the molecule is CCC(C)C(NC(=O)C(CC(=O)O)NC(=O)C(Cc1ccccc1)NC(=O)C(N)CC(N)=O)C(=O)O. The van der Waals surface area contributed by atoms with Gasteiger partial charge in [0.25, 0.3) is 0 Å². The van der Waals surface area contributed by atoms with Crippen molar-refractivity contribution in [3.05, 3.63) is 35.9 Å². The monoisotopic (exact) mass is 507 g/mol. The third-order valence-electron chi connectivity index (χ3n) is 5.46. The zero-order chi connectivity index (χ0) is 27.4. The summed E-state index contributed by atoms with van der Waals surface area (Å²) in [6.45, 7) is 3.33. The van der Waals surface area contributed by atoms with Gasteiger partial charge in [-0.1, -0.05) is 50.6 Å². The number of hydrogen-bond donors (Lipinski definition) is 7. The fourth-order valence-electron chi connectivity index (χ4n) is 3.24. The van der Waals surface area contributed by atoms with E-state index < -0.39 is 78.5 Å². The van der Waals surface area contributed by atoms with Crippen LogP contribution in [0.1, 0.15) is 38.7 Å². The molecule has 1 aromatic rings. The van der Waals surface area contributed by atoms with Gasteiger partial charge >= 0.3 is 11.9 Å². The van der Waals surface area contributed by atoms with Gasteiger partial charge in [-0.2, -0.15) is 0 Å². The first-order valence-electron chi connectivity index (χ1n) is 11.3. The molecule has 1 aromatic carbocycles. The first-order valence-corrected chi connectivity index (χ1v) is 11.3. The summed E-state index contributed by atoms with van der Waals surface area (Å²) in [6, 6.07) is 2.94. The van der Waals surface area contributed by atoms with Gasteiger partial charge in [0.15, 0.2) is 0 Å². The Morgan fingerprint density at radius 2 is 1.42 bits per heavy atom. The number of nitrogens with two attached hydrogens (primary N) is 2. The van der Waals surface area contributed by atoms with Crippen molar-refractivity contribution in [2.24, 2.45) is 17.4 Å². The summed E-state index contributed by atoms with van der Waals surface area (Å²) < 4.78 is 0. The summed E-state index contributed by atoms with van der Waals surface area (Å²) in [5.41, 5.74) is 11.3. The number of nitrogens with one attached hydrogen (secondary N) is 3. The molecule has 0 aliphatic heterocycles. The van der Waals surface area contributed by atoms with Gasteiger partial charge in [-0.3, -0.25) is 24.0 Å². The predicted molar refractivity (Wildman–Crippen MR) is 127 cm³/mol. The fourth-order valence-corrected chi connectivity index (χ4v) is 3.24. The normalized spacial score (nSPS) is 14.9. The van der Waals surface area contributed by atoms with E-state index in [1.165, 1.54) is 0 Å². The zero-order valence-corrected chi connectivity index (χ0v) is 20.1. The van der Waals surface area contributed by atoms with Crippen molar-refractivity contribution in [1.29, 1.82) is 0 Å². The molecule has 1 rings (SSSR count). The number of primary amides is 1. The van der Waals surface area contributed by atoms with Crippen LogP contribution in [-0.2, 0) is 35.2 Å². The van der Waals surface area contributed by atoms with Gasteiger partial charge in [-0.15, -0.1) is 0 Å². The van der Waals surface area contributed by atoms with Crippen LogP contribution in [0.5, 0.6) is 0 Å². The summed E-state index contributed by atoms with van der Waals surface area (Å²) in [5.74, 6) is -6.79. The molecule has 13 heteroatoms. The molecule has 0 saturated carbocycles. The molecule has 9 N–H and O–H groups in total. The van der Waals surface area contributed by atoms with E-state index in [-0.39, 0.29) is 6.42 Å². The molecule has 0 heterocycles. The second-order valence-electron chi connectivity index (χ2n) is 8.40. The van der Waals surface area contributed by atoms with E-state index in [0.717, 1.165) is 0 Å². The summed E-state index contributed by atoms with van der Waals surface area (Å²) >= 11 is 0. The van der Waals surface area contributed by atoms with Crippen LogP contribution in [0.15, 0.2) is 30.3 Å². The van der Waals surface area contributed by atoms with E-state index >= 15 is 0 Å². The highest BCUT2D eigenvalue weighted by molar-refractivity contribution is 5.96. The molecule has 0 radical (unpaired) electrons. The van der Waals surface area contributed by atoms with Crippen molar-refractivity contribution >= 4 is 35.6 Å². The smallest absolute Gasteiger partial charge is 0.326 e. The molecule has 36 heavy (non-hydrogen) atoms. The van der Waals surface area contributed by atoms with Gasteiger partial charge in [0, 0.05) is 6.42 Å². The zero-order valence-electron chi connectivity index (χ0n) is 20.1. The van der Waals surface area contributed by atoms with Crippen molar-refractivity contribution < 1.29 is 39.0 Å². The molecule has 5 unspecified atom stereocenters. The molecule has 0 aliphatic rings. The average Bonchev–Trinajstić information content (AvgIpc) is 2.80. The van der Waals surface area contributed by atoms with E-state index in [2.05, 4.69) is 16.0 Å². The minimum Gasteiger partial charge on any atom is -0.481 e. The number of hydrogen-bond acceptors (Lipinski definition) is 7. The first-order chi connectivity index (χ1) is 16.8. The fraction of sp³-hybridized carbons (Fsp3) is 0.478. The molecule has 4 amide bonds. The number of carboxylic acids is 2. The number of carbonyl (C=O) groups excluding carboxylic acids is 4. The molecule has 0 saturated heterocycles. The van der Waals surface area contributed by atoms with Crippen molar-refractivity contribution in [1.82, 2.24) is 16.0 Å². The highest BCUT2D eigenvalue weighted by Gasteiger charge is 2.33. The highest BCUT2D eigenvalue weighted by atomic mass is 16.4. The number of rotatable bonds is 15. The van der Waals surface area contributed by atoms with E-state index in [4.69, 9.17) is 11.5 Å². The van der Waals surface area contributed by atoms with Crippen LogP contribution in [0.2, 0.25) is 0 Å². The van der Waals surface area contributed by atoms with Gasteiger partial charge < -0.3 is 37.6 Å². The Morgan fingerprint density at radius 3 is 1.92 bits per heavy atom. The summed E-state index contributed by atoms with van der Waals surface area (Å²) in [4.78, 5) is 72.3. The Labute approximate surface area is 208 Å². The molecule has 0 spiro atoms. The van der Waals surface area contributed by atoms with E-state index in [0.29, 0.717) is 12.0 Å². The van der Waals surface area contributed by atoms with Crippen molar-refractivity contribution in [3.8, 4) is 0 Å². The lowest BCUT2D eigenvalue weighted by atomic mass is 9.98. The van der Waals surface area contributed by atoms with Gasteiger partial charge in [0.1, 0.15) is 18.1 Å². The van der Waals surface area contributed by atoms with Crippen LogP contribution >= 0.6 is 0 Å². The van der Waals surface area contributed by atoms with Gasteiger partial charge in [0.05, 0.1) is 18.9 Å². The quantitative estimate of drug-likeness (QED) is 0.146. The summed E-state index contributed by atoms with van der Waals surface area (Å²) in [6.07, 6.45) is -0.933. The number of amides is 4. The Morgan fingerprint density at radius 1 is 0.861 bits per heavy atom. The lowest BCUT2D eigenvalue weighted by Crippen LogP contribution is -2.58. The number of carbonyl (C=O) groups is 6. The van der Waals surface area contributed by atoms with Crippen LogP contribution in [-0.4, -0.2) is 69.9 Å². The minimum atomic E-state index is -1.63. The number of carboxylic acid groups (broad SMARTS) is 2. The highest BCUT2D eigenvalue weighted by Crippen LogP contribution is 2.10. The Hall–Kier alpha value is -4.00. The predicted octanol–water partition coefficient (Wildman–Crippen LogP) is -1.51. The first kappa shape index (κ1) is 30.0. The molecule has 0 bridgehead atoms. The lowest BCUT2D eigenvalue weighted by molar-refractivity contribution is -0.144. The largest absolute Gasteiger partial charge is 0.481 e. The number of benzene rings is 1. The molecule has 5 atom stereocenters. The maximum absolute atomic E-state index is 13.1. The molecular weight excluding hydrogens is 474 g/mol. The van der Waals surface area contributed by atoms with Gasteiger partial charge in [-0.25, -0.2) is 4.79 Å². The minimum absolute atomic E-state index is 0.0479. The molecule has 198 valence electrons. The maximum Gasteiger partial charge on any atom is 0.326 e. The summed E-state index contributed by atoms with van der Waals surface area (Å²) in [5, 5.41) is 25.6. The Kier molecular flexibility index (Phi) is 12.0. The van der Waals surface area contributed by atoms with Crippen molar-refractivity contribution in [2.75, 3.05) is 0 Å². The van der Waals surface area contributed by atoms with E-state index in [1.54, 1.807) is 44.2 Å². The van der Waals surface area contributed by atoms with Crippen molar-refractivity contribution in [2.45, 2.75) is 63.7 Å². The Balaban J connectivity index is 3.14. The van der Waals surface area contributed by atoms with E-state index in [9.17, 15) is 39.0 Å². The molecular formula is C23H33N5O8. The second-order valence-corrected chi connectivity index (χ2v) is 8.40. The van der Waals surface area contributed by atoms with Gasteiger partial charge in [0.2, 0.25) is 23.6 Å².